The highest BCUT2D eigenvalue weighted by Crippen LogP contribution is 2.36. The summed E-state index contributed by atoms with van der Waals surface area (Å²) in [4.78, 5) is 10.4. The molecule has 1 unspecified atom stereocenters. The zero-order valence-corrected chi connectivity index (χ0v) is 9.22. The van der Waals surface area contributed by atoms with E-state index in [0.717, 1.165) is 12.1 Å². The number of benzene rings is 1. The molecule has 1 aromatic carbocycles. The molecule has 7 heteroatoms. The summed E-state index contributed by atoms with van der Waals surface area (Å²) < 4.78 is 37.5. The quantitative estimate of drug-likeness (QED) is 0.885. The van der Waals surface area contributed by atoms with Crippen LogP contribution in [0.1, 0.15) is 23.6 Å². The Balaban J connectivity index is 3.08. The lowest BCUT2D eigenvalue weighted by Gasteiger charge is -2.14. The maximum atomic E-state index is 12.5. The van der Waals surface area contributed by atoms with Gasteiger partial charge in [0, 0.05) is 6.04 Å². The summed E-state index contributed by atoms with van der Waals surface area (Å²) in [5.41, 5.74) is 4.54. The fourth-order valence-electron chi connectivity index (χ4n) is 1.30. The summed E-state index contributed by atoms with van der Waals surface area (Å²) in [6.45, 7) is 0. The minimum Gasteiger partial charge on any atom is -0.481 e. The highest BCUT2D eigenvalue weighted by Gasteiger charge is 2.33. The molecule has 0 spiro atoms. The first kappa shape index (κ1) is 13.8. The number of aliphatic carboxylic acids is 1. The molecule has 0 aromatic heterocycles. The van der Waals surface area contributed by atoms with Crippen molar-refractivity contribution in [3.05, 3.63) is 34.3 Å². The second-order valence-corrected chi connectivity index (χ2v) is 3.85. The number of halogens is 4. The average Bonchev–Trinajstić information content (AvgIpc) is 2.15. The van der Waals surface area contributed by atoms with E-state index >= 15 is 0 Å². The second kappa shape index (κ2) is 4.93. The van der Waals surface area contributed by atoms with E-state index in [2.05, 4.69) is 0 Å². The van der Waals surface area contributed by atoms with Gasteiger partial charge in [-0.2, -0.15) is 13.2 Å². The van der Waals surface area contributed by atoms with Crippen LogP contribution in [-0.2, 0) is 11.0 Å². The van der Waals surface area contributed by atoms with Crippen LogP contribution in [0.2, 0.25) is 5.02 Å². The summed E-state index contributed by atoms with van der Waals surface area (Å²) in [5.74, 6) is -1.18. The van der Waals surface area contributed by atoms with Crippen molar-refractivity contribution in [1.82, 2.24) is 0 Å². The molecule has 0 bridgehead atoms. The van der Waals surface area contributed by atoms with Gasteiger partial charge in [0.1, 0.15) is 0 Å². The highest BCUT2D eigenvalue weighted by molar-refractivity contribution is 6.31. The highest BCUT2D eigenvalue weighted by atomic mass is 35.5. The second-order valence-electron chi connectivity index (χ2n) is 3.44. The normalized spacial score (nSPS) is 13.5. The summed E-state index contributed by atoms with van der Waals surface area (Å²) in [5, 5.41) is 8.06. The maximum Gasteiger partial charge on any atom is 0.417 e. The summed E-state index contributed by atoms with van der Waals surface area (Å²) in [6, 6.07) is 2.12. The first-order chi connectivity index (χ1) is 7.71. The average molecular weight is 268 g/mol. The molecule has 1 atom stereocenters. The van der Waals surface area contributed by atoms with Gasteiger partial charge < -0.3 is 10.8 Å². The fraction of sp³-hybridized carbons (Fsp3) is 0.300. The van der Waals surface area contributed by atoms with E-state index in [-0.39, 0.29) is 5.56 Å². The van der Waals surface area contributed by atoms with Crippen LogP contribution in [0.3, 0.4) is 0 Å². The van der Waals surface area contributed by atoms with Crippen LogP contribution in [0, 0.1) is 0 Å². The molecule has 0 saturated carbocycles. The number of hydrogen-bond acceptors (Lipinski definition) is 2. The van der Waals surface area contributed by atoms with Crippen molar-refractivity contribution < 1.29 is 23.1 Å². The SMILES string of the molecule is NC(CC(=O)O)c1ccc(Cl)c(C(F)(F)F)c1. The molecular weight excluding hydrogens is 259 g/mol. The third-order valence-corrected chi connectivity index (χ3v) is 2.45. The molecule has 0 saturated heterocycles. The lowest BCUT2D eigenvalue weighted by molar-refractivity contribution is -0.137. The third kappa shape index (κ3) is 3.61. The van der Waals surface area contributed by atoms with E-state index in [1.807, 2.05) is 0 Å². The number of hydrogen-bond donors (Lipinski definition) is 2. The molecule has 0 aliphatic rings. The minimum absolute atomic E-state index is 0.0872. The van der Waals surface area contributed by atoms with Crippen LogP contribution in [0.5, 0.6) is 0 Å². The number of carboxylic acids is 1. The maximum absolute atomic E-state index is 12.5. The fourth-order valence-corrected chi connectivity index (χ4v) is 1.52. The van der Waals surface area contributed by atoms with E-state index in [4.69, 9.17) is 22.4 Å². The molecule has 0 fully saturated rings. The van der Waals surface area contributed by atoms with E-state index < -0.39 is 35.2 Å². The van der Waals surface area contributed by atoms with Crippen LogP contribution < -0.4 is 5.73 Å². The van der Waals surface area contributed by atoms with Crippen molar-refractivity contribution in [2.24, 2.45) is 5.73 Å². The standard InChI is InChI=1S/C10H9ClF3NO2/c11-7-2-1-5(8(15)4-9(16)17)3-6(7)10(12,13)14/h1-3,8H,4,15H2,(H,16,17). The Labute approximate surface area is 100.0 Å². The Hall–Kier alpha value is -1.27. The van der Waals surface area contributed by atoms with Crippen molar-refractivity contribution in [1.29, 1.82) is 0 Å². The number of carboxylic acid groups (broad SMARTS) is 1. The van der Waals surface area contributed by atoms with Crippen molar-refractivity contribution in [3.63, 3.8) is 0 Å². The van der Waals surface area contributed by atoms with Crippen molar-refractivity contribution in [3.8, 4) is 0 Å². The molecule has 0 aliphatic heterocycles. The van der Waals surface area contributed by atoms with E-state index in [1.165, 1.54) is 6.07 Å². The molecule has 3 N–H and O–H groups in total. The van der Waals surface area contributed by atoms with Gasteiger partial charge in [-0.3, -0.25) is 4.79 Å². The van der Waals surface area contributed by atoms with E-state index in [0.29, 0.717) is 0 Å². The lowest BCUT2D eigenvalue weighted by Crippen LogP contribution is -2.16. The monoisotopic (exact) mass is 267 g/mol. The first-order valence-electron chi connectivity index (χ1n) is 4.56. The molecule has 0 aliphatic carbocycles. The van der Waals surface area contributed by atoms with Crippen molar-refractivity contribution in [2.45, 2.75) is 18.6 Å². The number of carbonyl (C=O) groups is 1. The number of rotatable bonds is 3. The van der Waals surface area contributed by atoms with Gasteiger partial charge in [0.15, 0.2) is 0 Å². The zero-order chi connectivity index (χ0) is 13.2. The molecule has 1 rings (SSSR count). The van der Waals surface area contributed by atoms with Crippen molar-refractivity contribution >= 4 is 17.6 Å². The number of nitrogens with two attached hydrogens (primary N) is 1. The molecule has 94 valence electrons. The van der Waals surface area contributed by atoms with E-state index in [9.17, 15) is 18.0 Å². The lowest BCUT2D eigenvalue weighted by atomic mass is 10.0. The summed E-state index contributed by atoms with van der Waals surface area (Å²) in [6.07, 6.45) is -5.03. The van der Waals surface area contributed by atoms with Gasteiger partial charge in [0.2, 0.25) is 0 Å². The van der Waals surface area contributed by atoms with Gasteiger partial charge in [0.05, 0.1) is 17.0 Å². The Morgan fingerprint density at radius 2 is 2.06 bits per heavy atom. The smallest absolute Gasteiger partial charge is 0.417 e. The Kier molecular flexibility index (Phi) is 4.00. The molecule has 0 heterocycles. The molecule has 1 aromatic rings. The predicted octanol–water partition coefficient (Wildman–Crippen LogP) is 2.83. The van der Waals surface area contributed by atoms with Crippen LogP contribution in [0.25, 0.3) is 0 Å². The van der Waals surface area contributed by atoms with Crippen LogP contribution in [-0.4, -0.2) is 11.1 Å². The van der Waals surface area contributed by atoms with Gasteiger partial charge in [-0.05, 0) is 17.7 Å². The minimum atomic E-state index is -4.59. The predicted molar refractivity (Wildman–Crippen MR) is 55.6 cm³/mol. The molecule has 17 heavy (non-hydrogen) atoms. The zero-order valence-electron chi connectivity index (χ0n) is 8.46. The van der Waals surface area contributed by atoms with Crippen LogP contribution in [0.4, 0.5) is 13.2 Å². The number of alkyl halides is 3. The molecule has 0 radical (unpaired) electrons. The first-order valence-corrected chi connectivity index (χ1v) is 4.93. The Bertz CT molecular complexity index is 434. The van der Waals surface area contributed by atoms with Gasteiger partial charge in [-0.1, -0.05) is 17.7 Å². The largest absolute Gasteiger partial charge is 0.481 e. The van der Waals surface area contributed by atoms with Gasteiger partial charge >= 0.3 is 12.1 Å². The molecule has 3 nitrogen and oxygen atoms in total. The van der Waals surface area contributed by atoms with Gasteiger partial charge in [0.25, 0.3) is 0 Å². The Morgan fingerprint density at radius 1 is 1.47 bits per heavy atom. The summed E-state index contributed by atoms with van der Waals surface area (Å²) >= 11 is 5.41. The van der Waals surface area contributed by atoms with E-state index in [1.54, 1.807) is 0 Å². The van der Waals surface area contributed by atoms with Gasteiger partial charge in [-0.15, -0.1) is 0 Å². The third-order valence-electron chi connectivity index (χ3n) is 2.12. The summed E-state index contributed by atoms with van der Waals surface area (Å²) in [7, 11) is 0. The van der Waals surface area contributed by atoms with Gasteiger partial charge in [-0.25, -0.2) is 0 Å². The molecule has 0 amide bonds. The van der Waals surface area contributed by atoms with Crippen LogP contribution >= 0.6 is 11.6 Å². The Morgan fingerprint density at radius 3 is 2.53 bits per heavy atom. The molecular formula is C10H9ClF3NO2. The van der Waals surface area contributed by atoms with Crippen molar-refractivity contribution in [2.75, 3.05) is 0 Å². The van der Waals surface area contributed by atoms with Crippen LogP contribution in [0.15, 0.2) is 18.2 Å². The topological polar surface area (TPSA) is 63.3 Å².